The van der Waals surface area contributed by atoms with Gasteiger partial charge in [0.2, 0.25) is 5.95 Å². The van der Waals surface area contributed by atoms with Gasteiger partial charge < -0.3 is 14.5 Å². The molecule has 1 N–H and O–H groups in total. The lowest BCUT2D eigenvalue weighted by Gasteiger charge is -2.28. The van der Waals surface area contributed by atoms with Gasteiger partial charge in [0.15, 0.2) is 0 Å². The van der Waals surface area contributed by atoms with E-state index >= 15 is 0 Å². The van der Waals surface area contributed by atoms with Gasteiger partial charge in [-0.05, 0) is 25.7 Å². The predicted octanol–water partition coefficient (Wildman–Crippen LogP) is 0.332. The topological polar surface area (TPSA) is 78.5 Å². The standard InChI is InChI=1S/C16H24N4O3/c1-19(2)16-17-12-7-9-20(8-6-11(12)14(21)18-16)15(22)13-5-3-4-10-23-13/h13H,3-10H2,1-2H3,(H,17,18,21). The van der Waals surface area contributed by atoms with Crippen LogP contribution in [0.4, 0.5) is 5.95 Å². The first-order valence-electron chi connectivity index (χ1n) is 8.26. The molecule has 7 nitrogen and oxygen atoms in total. The summed E-state index contributed by atoms with van der Waals surface area (Å²) < 4.78 is 5.60. The van der Waals surface area contributed by atoms with Crippen molar-refractivity contribution >= 4 is 11.9 Å². The minimum Gasteiger partial charge on any atom is -0.368 e. The van der Waals surface area contributed by atoms with Gasteiger partial charge in [0.25, 0.3) is 11.5 Å². The van der Waals surface area contributed by atoms with Gasteiger partial charge in [-0.3, -0.25) is 14.6 Å². The van der Waals surface area contributed by atoms with E-state index in [9.17, 15) is 9.59 Å². The fourth-order valence-electron chi connectivity index (χ4n) is 3.17. The van der Waals surface area contributed by atoms with Crippen LogP contribution in [0.5, 0.6) is 0 Å². The number of ether oxygens (including phenoxy) is 1. The van der Waals surface area contributed by atoms with Crippen LogP contribution in [0.2, 0.25) is 0 Å². The van der Waals surface area contributed by atoms with E-state index < -0.39 is 0 Å². The largest absolute Gasteiger partial charge is 0.368 e. The minimum atomic E-state index is -0.312. The second-order valence-electron chi connectivity index (χ2n) is 6.39. The number of nitrogens with zero attached hydrogens (tertiary/aromatic N) is 3. The summed E-state index contributed by atoms with van der Waals surface area (Å²) in [5.41, 5.74) is 1.41. The molecule has 2 aliphatic heterocycles. The quantitative estimate of drug-likeness (QED) is 0.850. The Kier molecular flexibility index (Phi) is 4.66. The Balaban J connectivity index is 1.75. The highest BCUT2D eigenvalue weighted by atomic mass is 16.5. The highest BCUT2D eigenvalue weighted by Gasteiger charge is 2.29. The summed E-state index contributed by atoms with van der Waals surface area (Å²) in [6.45, 7) is 1.81. The Hall–Kier alpha value is -1.89. The molecule has 0 aliphatic carbocycles. The van der Waals surface area contributed by atoms with Crippen LogP contribution < -0.4 is 10.5 Å². The number of hydrogen-bond donors (Lipinski definition) is 1. The molecule has 0 radical (unpaired) electrons. The smallest absolute Gasteiger partial charge is 0.255 e. The van der Waals surface area contributed by atoms with Gasteiger partial charge in [-0.25, -0.2) is 4.98 Å². The van der Waals surface area contributed by atoms with E-state index in [2.05, 4.69) is 9.97 Å². The third kappa shape index (κ3) is 3.39. The molecule has 0 bridgehead atoms. The third-order valence-electron chi connectivity index (χ3n) is 4.53. The molecule has 0 saturated carbocycles. The number of H-pyrrole nitrogens is 1. The van der Waals surface area contributed by atoms with Crippen LogP contribution in [0.3, 0.4) is 0 Å². The zero-order chi connectivity index (χ0) is 16.4. The first-order chi connectivity index (χ1) is 11.1. The average Bonchev–Trinajstić information content (AvgIpc) is 2.78. The van der Waals surface area contributed by atoms with Gasteiger partial charge in [0, 0.05) is 45.8 Å². The van der Waals surface area contributed by atoms with Crippen molar-refractivity contribution in [1.82, 2.24) is 14.9 Å². The van der Waals surface area contributed by atoms with E-state index in [1.807, 2.05) is 19.0 Å². The van der Waals surface area contributed by atoms with Gasteiger partial charge in [0.1, 0.15) is 6.10 Å². The van der Waals surface area contributed by atoms with Crippen LogP contribution in [-0.4, -0.2) is 60.7 Å². The third-order valence-corrected chi connectivity index (χ3v) is 4.53. The van der Waals surface area contributed by atoms with E-state index in [4.69, 9.17) is 4.74 Å². The second kappa shape index (κ2) is 6.70. The van der Waals surface area contributed by atoms with E-state index in [0.29, 0.717) is 44.0 Å². The summed E-state index contributed by atoms with van der Waals surface area (Å²) in [6.07, 6.45) is 3.71. The highest BCUT2D eigenvalue weighted by Crippen LogP contribution is 2.18. The predicted molar refractivity (Wildman–Crippen MR) is 86.8 cm³/mol. The molecule has 1 saturated heterocycles. The first-order valence-corrected chi connectivity index (χ1v) is 8.26. The Bertz CT molecular complexity index is 635. The molecule has 1 unspecified atom stereocenters. The number of carbonyl (C=O) groups excluding carboxylic acids is 1. The van der Waals surface area contributed by atoms with Crippen molar-refractivity contribution in [2.45, 2.75) is 38.2 Å². The Labute approximate surface area is 135 Å². The normalized spacial score (nSPS) is 21.5. The molecule has 0 spiro atoms. The highest BCUT2D eigenvalue weighted by molar-refractivity contribution is 5.81. The number of anilines is 1. The van der Waals surface area contributed by atoms with Crippen LogP contribution >= 0.6 is 0 Å². The summed E-state index contributed by atoms with van der Waals surface area (Å²) in [5.74, 6) is 0.617. The van der Waals surface area contributed by atoms with Crippen LogP contribution in [0, 0.1) is 0 Å². The molecule has 1 aromatic heterocycles. The summed E-state index contributed by atoms with van der Waals surface area (Å²) in [7, 11) is 3.69. The molecular formula is C16H24N4O3. The number of carbonyl (C=O) groups is 1. The van der Waals surface area contributed by atoms with Crippen LogP contribution in [0.15, 0.2) is 4.79 Å². The minimum absolute atomic E-state index is 0.0572. The number of nitrogens with one attached hydrogen (secondary N) is 1. The lowest BCUT2D eigenvalue weighted by atomic mass is 10.1. The number of aromatic amines is 1. The molecular weight excluding hydrogens is 296 g/mol. The molecule has 23 heavy (non-hydrogen) atoms. The summed E-state index contributed by atoms with van der Waals surface area (Å²) in [6, 6.07) is 0. The van der Waals surface area contributed by atoms with Crippen molar-refractivity contribution in [3.8, 4) is 0 Å². The van der Waals surface area contributed by atoms with Gasteiger partial charge in [-0.15, -0.1) is 0 Å². The number of hydrogen-bond acceptors (Lipinski definition) is 5. The molecule has 1 atom stereocenters. The Morgan fingerprint density at radius 2 is 2.09 bits per heavy atom. The lowest BCUT2D eigenvalue weighted by molar-refractivity contribution is -0.146. The van der Waals surface area contributed by atoms with E-state index in [0.717, 1.165) is 25.0 Å². The van der Waals surface area contributed by atoms with E-state index in [1.54, 1.807) is 4.90 Å². The molecule has 2 aliphatic rings. The van der Waals surface area contributed by atoms with Gasteiger partial charge in [0.05, 0.1) is 5.69 Å². The molecule has 1 amide bonds. The number of aromatic nitrogens is 2. The summed E-state index contributed by atoms with van der Waals surface area (Å²) >= 11 is 0. The summed E-state index contributed by atoms with van der Waals surface area (Å²) in [5, 5.41) is 0. The summed E-state index contributed by atoms with van der Waals surface area (Å²) in [4.78, 5) is 35.8. The Morgan fingerprint density at radius 3 is 2.78 bits per heavy atom. The van der Waals surface area contributed by atoms with Gasteiger partial charge in [-0.2, -0.15) is 0 Å². The van der Waals surface area contributed by atoms with Gasteiger partial charge >= 0.3 is 0 Å². The SMILES string of the molecule is CN(C)c1nc2c(c(=O)[nH]1)CCN(C(=O)C1CCCCO1)CC2. The molecule has 0 aromatic carbocycles. The van der Waals surface area contributed by atoms with Crippen molar-refractivity contribution in [2.24, 2.45) is 0 Å². The zero-order valence-corrected chi connectivity index (χ0v) is 13.8. The monoisotopic (exact) mass is 320 g/mol. The molecule has 3 heterocycles. The Morgan fingerprint density at radius 1 is 1.30 bits per heavy atom. The maximum atomic E-state index is 12.6. The molecule has 1 fully saturated rings. The van der Waals surface area contributed by atoms with E-state index in [1.165, 1.54) is 0 Å². The molecule has 126 valence electrons. The van der Waals surface area contributed by atoms with Crippen molar-refractivity contribution in [3.05, 3.63) is 21.6 Å². The lowest BCUT2D eigenvalue weighted by Crippen LogP contribution is -2.43. The average molecular weight is 320 g/mol. The zero-order valence-electron chi connectivity index (χ0n) is 13.8. The molecule has 1 aromatic rings. The molecule has 7 heteroatoms. The fraction of sp³-hybridized carbons (Fsp3) is 0.688. The number of rotatable bonds is 2. The maximum absolute atomic E-state index is 12.6. The van der Waals surface area contributed by atoms with Crippen molar-refractivity contribution in [3.63, 3.8) is 0 Å². The van der Waals surface area contributed by atoms with Crippen LogP contribution in [0.1, 0.15) is 30.5 Å². The fourth-order valence-corrected chi connectivity index (χ4v) is 3.17. The van der Waals surface area contributed by atoms with E-state index in [-0.39, 0.29) is 17.6 Å². The second-order valence-corrected chi connectivity index (χ2v) is 6.39. The van der Waals surface area contributed by atoms with Crippen molar-refractivity contribution in [1.29, 1.82) is 0 Å². The van der Waals surface area contributed by atoms with Crippen LogP contribution in [-0.2, 0) is 22.4 Å². The number of fused-ring (bicyclic) bond motifs is 1. The number of amides is 1. The van der Waals surface area contributed by atoms with Crippen molar-refractivity contribution < 1.29 is 9.53 Å². The van der Waals surface area contributed by atoms with Crippen LogP contribution in [0.25, 0.3) is 0 Å². The van der Waals surface area contributed by atoms with Crippen molar-refractivity contribution in [2.75, 3.05) is 38.7 Å². The maximum Gasteiger partial charge on any atom is 0.255 e. The first kappa shape index (κ1) is 16.0. The molecule has 3 rings (SSSR count). The van der Waals surface area contributed by atoms with Gasteiger partial charge in [-0.1, -0.05) is 0 Å².